The molecule has 4 heterocycles. The van der Waals surface area contributed by atoms with Crippen molar-refractivity contribution in [3.8, 4) is 0 Å². The molecule has 0 radical (unpaired) electrons. The number of hydrogen-bond donors (Lipinski definition) is 1. The summed E-state index contributed by atoms with van der Waals surface area (Å²) < 4.78 is 70.0. The van der Waals surface area contributed by atoms with E-state index in [4.69, 9.17) is 5.73 Å². The molecule has 3 aliphatic heterocycles. The quantitative estimate of drug-likeness (QED) is 0.490. The third-order valence-corrected chi connectivity index (χ3v) is 7.26. The first-order valence-electron chi connectivity index (χ1n) is 11.5. The molecular formula is C23H23F5N6O3. The predicted octanol–water partition coefficient (Wildman–Crippen LogP) is 2.55. The molecular weight excluding hydrogens is 503 g/mol. The Hall–Kier alpha value is -3.71. The van der Waals surface area contributed by atoms with E-state index in [1.807, 2.05) is 0 Å². The lowest BCUT2D eigenvalue weighted by atomic mass is 9.88. The maximum Gasteiger partial charge on any atom is 0.315 e. The van der Waals surface area contributed by atoms with E-state index < -0.39 is 65.6 Å². The average molecular weight is 526 g/mol. The minimum absolute atomic E-state index is 0.0317. The van der Waals surface area contributed by atoms with Crippen molar-refractivity contribution in [3.05, 3.63) is 47.0 Å². The van der Waals surface area contributed by atoms with Crippen LogP contribution in [0.5, 0.6) is 0 Å². The van der Waals surface area contributed by atoms with Gasteiger partial charge < -0.3 is 20.4 Å². The van der Waals surface area contributed by atoms with Crippen LogP contribution < -0.4 is 10.6 Å². The van der Waals surface area contributed by atoms with Crippen LogP contribution in [0.15, 0.2) is 18.3 Å². The molecule has 2 saturated heterocycles. The number of nitrogens with two attached hydrogens (primary N) is 1. The summed E-state index contributed by atoms with van der Waals surface area (Å²) in [6.07, 6.45) is 0.727. The maximum absolute atomic E-state index is 13.9. The fraction of sp³-hybridized carbons (Fsp3) is 0.478. The van der Waals surface area contributed by atoms with Gasteiger partial charge in [0, 0.05) is 25.9 Å². The summed E-state index contributed by atoms with van der Waals surface area (Å²) in [6.45, 7) is 0.381. The molecule has 2 N–H and O–H groups in total. The fourth-order valence-corrected chi connectivity index (χ4v) is 5.34. The van der Waals surface area contributed by atoms with E-state index in [1.165, 1.54) is 15.8 Å². The highest BCUT2D eigenvalue weighted by atomic mass is 19.3. The Morgan fingerprint density at radius 3 is 2.41 bits per heavy atom. The summed E-state index contributed by atoms with van der Waals surface area (Å²) in [6, 6.07) is -0.342. The highest BCUT2D eigenvalue weighted by Crippen LogP contribution is 2.41. The number of benzene rings is 1. The van der Waals surface area contributed by atoms with E-state index in [0.717, 1.165) is 21.9 Å². The topological polar surface area (TPSA) is 105 Å². The number of primary amides is 1. The third kappa shape index (κ3) is 4.17. The maximum atomic E-state index is 13.9. The highest BCUT2D eigenvalue weighted by Gasteiger charge is 2.51. The minimum atomic E-state index is -2.97. The Morgan fingerprint density at radius 1 is 1.14 bits per heavy atom. The van der Waals surface area contributed by atoms with Crippen molar-refractivity contribution < 1.29 is 36.3 Å². The van der Waals surface area contributed by atoms with Crippen LogP contribution in [0.2, 0.25) is 0 Å². The van der Waals surface area contributed by atoms with Crippen LogP contribution in [-0.2, 0) is 22.7 Å². The molecule has 1 aromatic carbocycles. The van der Waals surface area contributed by atoms with Crippen LogP contribution in [-0.4, -0.2) is 63.0 Å². The molecule has 198 valence electrons. The SMILES string of the molecule is CC1(C(=O)N2CCC(F)(F)C2)CC(=O)N(c2cnn3c2CN(C(N)=O)[C@@H](c2cc(F)c(F)c(F)c2)C3)C1. The molecule has 1 unspecified atom stereocenters. The Labute approximate surface area is 207 Å². The molecule has 37 heavy (non-hydrogen) atoms. The number of aromatic nitrogens is 2. The van der Waals surface area contributed by atoms with Crippen LogP contribution in [0, 0.1) is 22.9 Å². The summed E-state index contributed by atoms with van der Waals surface area (Å²) in [7, 11) is 0. The van der Waals surface area contributed by atoms with Crippen LogP contribution in [0.3, 0.4) is 0 Å². The zero-order valence-corrected chi connectivity index (χ0v) is 19.7. The van der Waals surface area contributed by atoms with Crippen molar-refractivity contribution in [1.29, 1.82) is 0 Å². The number of urea groups is 1. The fourth-order valence-electron chi connectivity index (χ4n) is 5.34. The molecule has 5 rings (SSSR count). The standard InChI is InChI=1S/C23H23F5N6O3/c1-22(20(36)31-3-2-23(27,28)11-31)6-18(35)33(10-22)15-7-30-34-9-16(32(21(29)37)8-17(15)34)12-4-13(24)19(26)14(25)5-12/h4-5,7,16H,2-3,6,8-11H2,1H3,(H2,29,37)/t16-,22?/m1/s1. The molecule has 2 fully saturated rings. The molecule has 2 atom stereocenters. The summed E-state index contributed by atoms with van der Waals surface area (Å²) in [5, 5.41) is 4.24. The molecule has 3 aliphatic rings. The molecule has 14 heteroatoms. The lowest BCUT2D eigenvalue weighted by molar-refractivity contribution is -0.141. The Bertz CT molecular complexity index is 1290. The zero-order valence-electron chi connectivity index (χ0n) is 19.7. The number of carbonyl (C=O) groups is 3. The predicted molar refractivity (Wildman–Crippen MR) is 118 cm³/mol. The monoisotopic (exact) mass is 526 g/mol. The zero-order chi connectivity index (χ0) is 26.9. The number of fused-ring (bicyclic) bond motifs is 1. The van der Waals surface area contributed by atoms with Crippen LogP contribution in [0.25, 0.3) is 0 Å². The number of carbonyl (C=O) groups excluding carboxylic acids is 3. The summed E-state index contributed by atoms with van der Waals surface area (Å²) >= 11 is 0. The number of hydrogen-bond acceptors (Lipinski definition) is 4. The number of halogens is 5. The van der Waals surface area contributed by atoms with Crippen molar-refractivity contribution in [1.82, 2.24) is 19.6 Å². The number of anilines is 1. The van der Waals surface area contributed by atoms with E-state index in [1.54, 1.807) is 6.92 Å². The van der Waals surface area contributed by atoms with Crippen molar-refractivity contribution in [2.45, 2.75) is 44.8 Å². The van der Waals surface area contributed by atoms with Crippen LogP contribution in [0.1, 0.15) is 37.1 Å². The number of amides is 4. The van der Waals surface area contributed by atoms with Crippen molar-refractivity contribution in [2.24, 2.45) is 11.1 Å². The van der Waals surface area contributed by atoms with E-state index >= 15 is 0 Å². The number of likely N-dealkylation sites (tertiary alicyclic amines) is 1. The number of rotatable bonds is 3. The third-order valence-electron chi connectivity index (χ3n) is 7.26. The second kappa shape index (κ2) is 8.42. The van der Waals surface area contributed by atoms with E-state index in [9.17, 15) is 36.3 Å². The first-order chi connectivity index (χ1) is 17.3. The molecule has 0 saturated carbocycles. The summed E-state index contributed by atoms with van der Waals surface area (Å²) in [4.78, 5) is 41.8. The Morgan fingerprint density at radius 2 is 1.81 bits per heavy atom. The van der Waals surface area contributed by atoms with Gasteiger partial charge in [-0.2, -0.15) is 5.10 Å². The van der Waals surface area contributed by atoms with Gasteiger partial charge in [-0.25, -0.2) is 26.7 Å². The summed E-state index contributed by atoms with van der Waals surface area (Å²) in [5.74, 6) is -8.42. The van der Waals surface area contributed by atoms with Crippen molar-refractivity contribution in [2.75, 3.05) is 24.5 Å². The highest BCUT2D eigenvalue weighted by molar-refractivity contribution is 6.02. The average Bonchev–Trinajstić information content (AvgIpc) is 3.49. The largest absolute Gasteiger partial charge is 0.351 e. The molecule has 0 bridgehead atoms. The second-order valence-corrected chi connectivity index (χ2v) is 9.99. The molecule has 4 amide bonds. The molecule has 1 aromatic heterocycles. The van der Waals surface area contributed by atoms with E-state index in [2.05, 4.69) is 5.10 Å². The van der Waals surface area contributed by atoms with Gasteiger partial charge in [0.15, 0.2) is 17.5 Å². The first kappa shape index (κ1) is 25.0. The van der Waals surface area contributed by atoms with Crippen LogP contribution in [0.4, 0.5) is 32.4 Å². The normalized spacial score (nSPS) is 25.1. The van der Waals surface area contributed by atoms with Gasteiger partial charge >= 0.3 is 6.03 Å². The smallest absolute Gasteiger partial charge is 0.315 e. The van der Waals surface area contributed by atoms with Crippen molar-refractivity contribution in [3.63, 3.8) is 0 Å². The Balaban J connectivity index is 1.42. The summed E-state index contributed by atoms with van der Waals surface area (Å²) in [5.41, 5.74) is 4.95. The lowest BCUT2D eigenvalue weighted by Crippen LogP contribution is -2.45. The van der Waals surface area contributed by atoms with Gasteiger partial charge in [0.25, 0.3) is 5.92 Å². The molecule has 0 aliphatic carbocycles. The van der Waals surface area contributed by atoms with E-state index in [-0.39, 0.29) is 38.2 Å². The second-order valence-electron chi connectivity index (χ2n) is 9.99. The van der Waals surface area contributed by atoms with Crippen molar-refractivity contribution >= 4 is 23.5 Å². The van der Waals surface area contributed by atoms with Gasteiger partial charge in [0.05, 0.1) is 48.7 Å². The lowest BCUT2D eigenvalue weighted by Gasteiger charge is -2.36. The molecule has 9 nitrogen and oxygen atoms in total. The number of nitrogens with zero attached hydrogens (tertiary/aromatic N) is 5. The van der Waals surface area contributed by atoms with E-state index in [0.29, 0.717) is 11.4 Å². The number of alkyl halides is 2. The molecule has 2 aromatic rings. The minimum Gasteiger partial charge on any atom is -0.351 e. The van der Waals surface area contributed by atoms with Gasteiger partial charge in [-0.15, -0.1) is 0 Å². The van der Waals surface area contributed by atoms with Gasteiger partial charge in [-0.05, 0) is 24.6 Å². The van der Waals surface area contributed by atoms with Gasteiger partial charge in [-0.1, -0.05) is 0 Å². The Kier molecular flexibility index (Phi) is 5.68. The van der Waals surface area contributed by atoms with Gasteiger partial charge in [-0.3, -0.25) is 14.3 Å². The first-order valence-corrected chi connectivity index (χ1v) is 11.5. The van der Waals surface area contributed by atoms with Gasteiger partial charge in [0.2, 0.25) is 11.8 Å². The van der Waals surface area contributed by atoms with Crippen LogP contribution >= 0.6 is 0 Å². The molecule has 0 spiro atoms. The van der Waals surface area contributed by atoms with Gasteiger partial charge in [0.1, 0.15) is 0 Å².